The van der Waals surface area contributed by atoms with E-state index in [1.54, 1.807) is 0 Å². The van der Waals surface area contributed by atoms with E-state index in [1.807, 2.05) is 26.8 Å². The fourth-order valence-corrected chi connectivity index (χ4v) is 1.66. The lowest BCUT2D eigenvalue weighted by Gasteiger charge is -2.12. The first kappa shape index (κ1) is 16.3. The smallest absolute Gasteiger partial charge is 0.376 e. The number of rotatable bonds is 7. The van der Waals surface area contributed by atoms with E-state index < -0.39 is 9.53 Å². The van der Waals surface area contributed by atoms with Crippen molar-refractivity contribution in [1.82, 2.24) is 0 Å². The molecule has 4 heteroatoms. The Balaban J connectivity index is 0. The molecule has 0 fully saturated rings. The fraction of sp³-hybridized carbons (Fsp3) is 0.800. The van der Waals surface area contributed by atoms with Crippen molar-refractivity contribution in [3.8, 4) is 0 Å². The van der Waals surface area contributed by atoms with E-state index in [4.69, 9.17) is 13.3 Å². The van der Waals surface area contributed by atoms with E-state index in [9.17, 15) is 0 Å². The van der Waals surface area contributed by atoms with Crippen LogP contribution in [0.15, 0.2) is 12.7 Å². The molecule has 0 aliphatic rings. The highest BCUT2D eigenvalue weighted by atomic mass is 28.3. The van der Waals surface area contributed by atoms with E-state index in [-0.39, 0.29) is 0 Å². The Morgan fingerprint density at radius 3 is 1.36 bits per heavy atom. The van der Waals surface area contributed by atoms with E-state index >= 15 is 0 Å². The SMILES string of the molecule is C=CCC.CCO[SiH](OCC)OCC. The van der Waals surface area contributed by atoms with Gasteiger partial charge in [0.2, 0.25) is 0 Å². The summed E-state index contributed by atoms with van der Waals surface area (Å²) in [4.78, 5) is 0. The van der Waals surface area contributed by atoms with Gasteiger partial charge in [-0.25, -0.2) is 0 Å². The van der Waals surface area contributed by atoms with Crippen molar-refractivity contribution in [2.75, 3.05) is 19.8 Å². The van der Waals surface area contributed by atoms with Crippen LogP contribution in [0.1, 0.15) is 34.1 Å². The molecule has 3 nitrogen and oxygen atoms in total. The second kappa shape index (κ2) is 15.3. The molecule has 0 unspecified atom stereocenters. The molecule has 0 aliphatic heterocycles. The van der Waals surface area contributed by atoms with Gasteiger partial charge in [0.1, 0.15) is 0 Å². The molecular weight excluding hydrogens is 196 g/mol. The molecule has 86 valence electrons. The second-order valence-corrected chi connectivity index (χ2v) is 3.93. The van der Waals surface area contributed by atoms with Crippen molar-refractivity contribution in [2.24, 2.45) is 0 Å². The van der Waals surface area contributed by atoms with E-state index in [1.165, 1.54) is 0 Å². The summed E-state index contributed by atoms with van der Waals surface area (Å²) in [5.41, 5.74) is 0. The van der Waals surface area contributed by atoms with Gasteiger partial charge >= 0.3 is 9.53 Å². The van der Waals surface area contributed by atoms with E-state index in [2.05, 4.69) is 13.5 Å². The average molecular weight is 220 g/mol. The minimum atomic E-state index is -1.73. The molecule has 0 aromatic heterocycles. The maximum Gasteiger partial charge on any atom is 0.484 e. The molecule has 0 radical (unpaired) electrons. The van der Waals surface area contributed by atoms with Gasteiger partial charge in [0.15, 0.2) is 0 Å². The maximum atomic E-state index is 5.22. The minimum absolute atomic E-state index is 0.677. The van der Waals surface area contributed by atoms with Crippen LogP contribution in [0, 0.1) is 0 Å². The maximum absolute atomic E-state index is 5.22. The van der Waals surface area contributed by atoms with Crippen LogP contribution in [0.2, 0.25) is 0 Å². The van der Waals surface area contributed by atoms with Gasteiger partial charge in [-0.3, -0.25) is 0 Å². The van der Waals surface area contributed by atoms with Gasteiger partial charge in [-0.15, -0.1) is 6.58 Å². The molecule has 14 heavy (non-hydrogen) atoms. The van der Waals surface area contributed by atoms with Crippen LogP contribution in [0.25, 0.3) is 0 Å². The number of hydrogen-bond acceptors (Lipinski definition) is 3. The normalized spacial score (nSPS) is 9.50. The highest BCUT2D eigenvalue weighted by Gasteiger charge is 2.11. The molecule has 0 amide bonds. The summed E-state index contributed by atoms with van der Waals surface area (Å²) < 4.78 is 15.7. The molecule has 0 aromatic carbocycles. The van der Waals surface area contributed by atoms with Crippen LogP contribution >= 0.6 is 0 Å². The Bertz CT molecular complexity index is 95.3. The Hall–Kier alpha value is -0.163. The molecule has 0 bridgehead atoms. The number of hydrogen-bond donors (Lipinski definition) is 0. The summed E-state index contributed by atoms with van der Waals surface area (Å²) in [6.07, 6.45) is 2.96. The third kappa shape index (κ3) is 14.4. The number of allylic oxidation sites excluding steroid dienone is 1. The summed E-state index contributed by atoms with van der Waals surface area (Å²) in [6.45, 7) is 13.4. The second-order valence-electron chi connectivity index (χ2n) is 2.35. The van der Waals surface area contributed by atoms with Gasteiger partial charge in [0.25, 0.3) is 0 Å². The predicted molar refractivity (Wildman–Crippen MR) is 62.5 cm³/mol. The monoisotopic (exact) mass is 220 g/mol. The summed E-state index contributed by atoms with van der Waals surface area (Å²) in [5, 5.41) is 0. The first-order chi connectivity index (χ1) is 6.76. The van der Waals surface area contributed by atoms with E-state index in [0.717, 1.165) is 6.42 Å². The summed E-state index contributed by atoms with van der Waals surface area (Å²) in [5.74, 6) is 0. The van der Waals surface area contributed by atoms with Crippen LogP contribution in [0.3, 0.4) is 0 Å². The van der Waals surface area contributed by atoms with Crippen LogP contribution in [0.4, 0.5) is 0 Å². The topological polar surface area (TPSA) is 27.7 Å². The van der Waals surface area contributed by atoms with Crippen molar-refractivity contribution in [2.45, 2.75) is 34.1 Å². The molecule has 0 heterocycles. The zero-order valence-electron chi connectivity index (χ0n) is 9.91. The van der Waals surface area contributed by atoms with Crippen molar-refractivity contribution < 1.29 is 13.3 Å². The molecular formula is C10H24O3Si. The van der Waals surface area contributed by atoms with Crippen molar-refractivity contribution >= 4 is 9.53 Å². The minimum Gasteiger partial charge on any atom is -0.376 e. The summed E-state index contributed by atoms with van der Waals surface area (Å²) >= 11 is 0. The first-order valence-corrected chi connectivity index (χ1v) is 6.63. The van der Waals surface area contributed by atoms with Crippen molar-refractivity contribution in [1.29, 1.82) is 0 Å². The van der Waals surface area contributed by atoms with Crippen LogP contribution in [-0.4, -0.2) is 29.3 Å². The highest BCUT2D eigenvalue weighted by molar-refractivity contribution is 6.36. The quantitative estimate of drug-likeness (QED) is 0.487. The molecule has 0 N–H and O–H groups in total. The Labute approximate surface area is 90.0 Å². The molecule has 0 spiro atoms. The molecule has 0 aromatic rings. The molecule has 0 rings (SSSR count). The largest absolute Gasteiger partial charge is 0.484 e. The lowest BCUT2D eigenvalue weighted by atomic mass is 10.5. The summed E-state index contributed by atoms with van der Waals surface area (Å²) in [7, 11) is -1.73. The standard InChI is InChI=1S/C6H16O3Si.C4H8/c1-4-7-10(8-5-2)9-6-3;1-3-4-2/h10H,4-6H2,1-3H3;3H,1,4H2,2H3. The van der Waals surface area contributed by atoms with Gasteiger partial charge < -0.3 is 13.3 Å². The lowest BCUT2D eigenvalue weighted by molar-refractivity contribution is 0.107. The third-order valence-electron chi connectivity index (χ3n) is 1.20. The van der Waals surface area contributed by atoms with Gasteiger partial charge in [-0.2, -0.15) is 0 Å². The molecule has 0 aliphatic carbocycles. The van der Waals surface area contributed by atoms with Gasteiger partial charge in [-0.05, 0) is 27.2 Å². The average Bonchev–Trinajstić information content (AvgIpc) is 2.20. The molecule has 0 atom stereocenters. The molecule has 0 saturated carbocycles. The van der Waals surface area contributed by atoms with E-state index in [0.29, 0.717) is 19.8 Å². The van der Waals surface area contributed by atoms with Crippen LogP contribution in [0.5, 0.6) is 0 Å². The lowest BCUT2D eigenvalue weighted by Crippen LogP contribution is -2.27. The van der Waals surface area contributed by atoms with Crippen molar-refractivity contribution in [3.63, 3.8) is 0 Å². The van der Waals surface area contributed by atoms with Crippen LogP contribution in [-0.2, 0) is 13.3 Å². The van der Waals surface area contributed by atoms with Gasteiger partial charge in [0, 0.05) is 19.8 Å². The zero-order chi connectivity index (χ0) is 11.2. The first-order valence-electron chi connectivity index (χ1n) is 5.22. The van der Waals surface area contributed by atoms with Crippen LogP contribution < -0.4 is 0 Å². The zero-order valence-corrected chi connectivity index (χ0v) is 11.1. The highest BCUT2D eigenvalue weighted by Crippen LogP contribution is 1.91. The van der Waals surface area contributed by atoms with Gasteiger partial charge in [0.05, 0.1) is 0 Å². The Morgan fingerprint density at radius 1 is 0.929 bits per heavy atom. The Morgan fingerprint density at radius 2 is 1.21 bits per heavy atom. The predicted octanol–water partition coefficient (Wildman–Crippen LogP) is 2.40. The van der Waals surface area contributed by atoms with Crippen molar-refractivity contribution in [3.05, 3.63) is 12.7 Å². The van der Waals surface area contributed by atoms with Gasteiger partial charge in [-0.1, -0.05) is 13.0 Å². The molecule has 0 saturated heterocycles. The third-order valence-corrected chi connectivity index (χ3v) is 3.01. The summed E-state index contributed by atoms with van der Waals surface area (Å²) in [6, 6.07) is 0. The fourth-order valence-electron chi connectivity index (χ4n) is 0.553. The Kier molecular flexibility index (Phi) is 17.8.